The molecule has 0 heterocycles. The molecule has 0 aliphatic heterocycles. The van der Waals surface area contributed by atoms with Gasteiger partial charge in [0, 0.05) is 6.42 Å². The van der Waals surface area contributed by atoms with Crippen molar-refractivity contribution >= 4 is 17.6 Å². The molecule has 1 atom stereocenters. The average Bonchev–Trinajstić information content (AvgIpc) is 1.87. The molecule has 0 saturated carbocycles. The van der Waals surface area contributed by atoms with E-state index in [4.69, 9.17) is 11.6 Å². The van der Waals surface area contributed by atoms with Crippen LogP contribution in [0.15, 0.2) is 0 Å². The van der Waals surface area contributed by atoms with Crippen LogP contribution in [0.2, 0.25) is 0 Å². The highest BCUT2D eigenvalue weighted by molar-refractivity contribution is 6.20. The Morgan fingerprint density at radius 1 is 1.67 bits per heavy atom. The number of ether oxygens (including phenoxy) is 1. The predicted octanol–water partition coefficient (Wildman–Crippen LogP) is 1.91. The van der Waals surface area contributed by atoms with Gasteiger partial charge in [-0.25, -0.2) is 0 Å². The quantitative estimate of drug-likeness (QED) is 0.454. The monoisotopic (exact) mass is 150 g/mol. The van der Waals surface area contributed by atoms with Crippen molar-refractivity contribution in [1.82, 2.24) is 0 Å². The second-order valence-corrected chi connectivity index (χ2v) is 2.15. The van der Waals surface area contributed by atoms with Gasteiger partial charge in [-0.3, -0.25) is 4.79 Å². The second-order valence-electron chi connectivity index (χ2n) is 1.66. The third kappa shape index (κ3) is 4.28. The fraction of sp³-hybridized carbons (Fsp3) is 0.833. The summed E-state index contributed by atoms with van der Waals surface area (Å²) < 4.78 is 4.68. The number of carbonyl (C=O) groups is 1. The molecule has 0 aromatic carbocycles. The summed E-state index contributed by atoms with van der Waals surface area (Å²) in [5.41, 5.74) is -0.447. The van der Waals surface area contributed by atoms with Crippen molar-refractivity contribution in [1.29, 1.82) is 0 Å². The van der Waals surface area contributed by atoms with Crippen LogP contribution >= 0.6 is 11.6 Å². The number of esters is 1. The van der Waals surface area contributed by atoms with E-state index in [1.807, 2.05) is 6.92 Å². The number of rotatable bonds is 3. The van der Waals surface area contributed by atoms with Crippen LogP contribution in [-0.2, 0) is 9.53 Å². The molecule has 9 heavy (non-hydrogen) atoms. The van der Waals surface area contributed by atoms with E-state index in [-0.39, 0.29) is 5.97 Å². The summed E-state index contributed by atoms with van der Waals surface area (Å²) in [5.74, 6) is -0.239. The SMILES string of the molecule is CCC(=O)O[C@H](Cl)CC. The largest absolute Gasteiger partial charge is 0.446 e. The van der Waals surface area contributed by atoms with Crippen molar-refractivity contribution < 1.29 is 9.53 Å². The van der Waals surface area contributed by atoms with Crippen LogP contribution in [0.25, 0.3) is 0 Å². The molecule has 0 N–H and O–H groups in total. The Morgan fingerprint density at radius 3 is 2.56 bits per heavy atom. The first kappa shape index (κ1) is 8.76. The van der Waals surface area contributed by atoms with Crippen molar-refractivity contribution in [2.75, 3.05) is 0 Å². The van der Waals surface area contributed by atoms with Crippen molar-refractivity contribution in [3.63, 3.8) is 0 Å². The number of alkyl halides is 1. The smallest absolute Gasteiger partial charge is 0.306 e. The number of hydrogen-bond acceptors (Lipinski definition) is 2. The summed E-state index contributed by atoms with van der Waals surface area (Å²) in [4.78, 5) is 10.5. The van der Waals surface area contributed by atoms with E-state index in [1.165, 1.54) is 0 Å². The van der Waals surface area contributed by atoms with Gasteiger partial charge in [-0.1, -0.05) is 25.4 Å². The third-order valence-corrected chi connectivity index (χ3v) is 1.27. The summed E-state index contributed by atoms with van der Waals surface area (Å²) in [5, 5.41) is 0. The zero-order chi connectivity index (χ0) is 7.28. The number of hydrogen-bond donors (Lipinski definition) is 0. The number of halogens is 1. The van der Waals surface area contributed by atoms with Gasteiger partial charge in [-0.15, -0.1) is 0 Å². The predicted molar refractivity (Wildman–Crippen MR) is 36.3 cm³/mol. The van der Waals surface area contributed by atoms with Gasteiger partial charge in [-0.2, -0.15) is 0 Å². The first-order valence-corrected chi connectivity index (χ1v) is 3.47. The first-order chi connectivity index (χ1) is 4.20. The lowest BCUT2D eigenvalue weighted by Gasteiger charge is -2.06. The average molecular weight is 151 g/mol. The van der Waals surface area contributed by atoms with E-state index in [1.54, 1.807) is 6.92 Å². The molecule has 54 valence electrons. The second kappa shape index (κ2) is 4.62. The summed E-state index contributed by atoms with van der Waals surface area (Å²) in [6.45, 7) is 3.60. The Bertz CT molecular complexity index is 93.1. The molecule has 0 aromatic heterocycles. The molecule has 0 unspecified atom stereocenters. The molecular weight excluding hydrogens is 140 g/mol. The van der Waals surface area contributed by atoms with E-state index in [2.05, 4.69) is 4.74 Å². The van der Waals surface area contributed by atoms with Crippen LogP contribution in [0, 0.1) is 0 Å². The van der Waals surface area contributed by atoms with Crippen molar-refractivity contribution in [3.05, 3.63) is 0 Å². The lowest BCUT2D eigenvalue weighted by Crippen LogP contribution is -2.09. The van der Waals surface area contributed by atoms with Crippen molar-refractivity contribution in [2.24, 2.45) is 0 Å². The van der Waals surface area contributed by atoms with Crippen LogP contribution in [0.1, 0.15) is 26.7 Å². The van der Waals surface area contributed by atoms with Crippen molar-refractivity contribution in [2.45, 2.75) is 32.3 Å². The Labute approximate surface area is 60.1 Å². The molecule has 0 aliphatic rings. The molecule has 0 amide bonds. The van der Waals surface area contributed by atoms with Crippen molar-refractivity contribution in [3.8, 4) is 0 Å². The fourth-order valence-corrected chi connectivity index (χ4v) is 0.409. The molecular formula is C6H11ClO2. The first-order valence-electron chi connectivity index (χ1n) is 3.04. The minimum Gasteiger partial charge on any atom is -0.446 e. The normalized spacial score (nSPS) is 12.8. The molecule has 0 aliphatic carbocycles. The maximum absolute atomic E-state index is 10.5. The summed E-state index contributed by atoms with van der Waals surface area (Å²) >= 11 is 5.50. The van der Waals surface area contributed by atoms with E-state index in [0.29, 0.717) is 12.8 Å². The molecule has 0 radical (unpaired) electrons. The summed E-state index contributed by atoms with van der Waals surface area (Å²) in [7, 11) is 0. The standard InChI is InChI=1S/C6H11ClO2/c1-3-5(7)9-6(8)4-2/h5H,3-4H2,1-2H3/t5-/m0/s1. The molecule has 0 aromatic rings. The Kier molecular flexibility index (Phi) is 4.50. The zero-order valence-electron chi connectivity index (χ0n) is 5.69. The molecule has 3 heteroatoms. The maximum atomic E-state index is 10.5. The van der Waals surface area contributed by atoms with Crippen LogP contribution in [0.4, 0.5) is 0 Å². The lowest BCUT2D eigenvalue weighted by molar-refractivity contribution is -0.145. The van der Waals surface area contributed by atoms with E-state index in [9.17, 15) is 4.79 Å². The molecule has 2 nitrogen and oxygen atoms in total. The van der Waals surface area contributed by atoms with Gasteiger partial charge >= 0.3 is 5.97 Å². The lowest BCUT2D eigenvalue weighted by atomic mass is 10.5. The van der Waals surface area contributed by atoms with Crippen LogP contribution in [0.3, 0.4) is 0 Å². The highest BCUT2D eigenvalue weighted by Crippen LogP contribution is 2.03. The topological polar surface area (TPSA) is 26.3 Å². The van der Waals surface area contributed by atoms with E-state index >= 15 is 0 Å². The number of carbonyl (C=O) groups excluding carboxylic acids is 1. The molecule has 0 fully saturated rings. The van der Waals surface area contributed by atoms with Gasteiger partial charge in [0.1, 0.15) is 0 Å². The maximum Gasteiger partial charge on any atom is 0.306 e. The molecule has 0 rings (SSSR count). The van der Waals surface area contributed by atoms with Gasteiger partial charge in [0.15, 0.2) is 5.56 Å². The highest BCUT2D eigenvalue weighted by Gasteiger charge is 2.05. The summed E-state index contributed by atoms with van der Waals surface area (Å²) in [6, 6.07) is 0. The Morgan fingerprint density at radius 2 is 2.22 bits per heavy atom. The minimum absolute atomic E-state index is 0.239. The van der Waals surface area contributed by atoms with Gasteiger partial charge in [-0.05, 0) is 6.42 Å². The zero-order valence-corrected chi connectivity index (χ0v) is 6.44. The highest BCUT2D eigenvalue weighted by atomic mass is 35.5. The molecule has 0 bridgehead atoms. The Hall–Kier alpha value is -0.240. The van der Waals surface area contributed by atoms with Crippen LogP contribution < -0.4 is 0 Å². The van der Waals surface area contributed by atoms with Crippen LogP contribution in [-0.4, -0.2) is 11.5 Å². The molecule has 0 saturated heterocycles. The van der Waals surface area contributed by atoms with Gasteiger partial charge in [0.2, 0.25) is 0 Å². The van der Waals surface area contributed by atoms with E-state index < -0.39 is 5.56 Å². The van der Waals surface area contributed by atoms with Crippen LogP contribution in [0.5, 0.6) is 0 Å². The summed E-state index contributed by atoms with van der Waals surface area (Å²) in [6.07, 6.45) is 1.05. The fourth-order valence-electron chi connectivity index (χ4n) is 0.309. The van der Waals surface area contributed by atoms with Gasteiger partial charge in [0.05, 0.1) is 0 Å². The third-order valence-electron chi connectivity index (χ3n) is 0.869. The minimum atomic E-state index is -0.447. The van der Waals surface area contributed by atoms with Gasteiger partial charge in [0.25, 0.3) is 0 Å². The van der Waals surface area contributed by atoms with Gasteiger partial charge < -0.3 is 4.74 Å². The Balaban J connectivity index is 3.34. The molecule has 0 spiro atoms. The van der Waals surface area contributed by atoms with E-state index in [0.717, 1.165) is 0 Å².